The van der Waals surface area contributed by atoms with Gasteiger partial charge in [-0.3, -0.25) is 0 Å². The third-order valence-electron chi connectivity index (χ3n) is 7.55. The molecular formula is C32H17NO2. The van der Waals surface area contributed by atoms with Crippen LogP contribution in [-0.2, 0) is 0 Å². The van der Waals surface area contributed by atoms with Crippen LogP contribution in [0.15, 0.2) is 112 Å². The fourth-order valence-corrected chi connectivity index (χ4v) is 6.15. The molecule has 0 amide bonds. The van der Waals surface area contributed by atoms with E-state index in [0.717, 1.165) is 38.5 Å². The molecule has 0 atom stereocenters. The van der Waals surface area contributed by atoms with Crippen LogP contribution in [0.4, 0.5) is 0 Å². The van der Waals surface area contributed by atoms with Gasteiger partial charge in [0, 0.05) is 49.3 Å². The second-order valence-corrected chi connectivity index (χ2v) is 9.33. The first-order chi connectivity index (χ1) is 17.4. The van der Waals surface area contributed by atoms with Gasteiger partial charge in [0.2, 0.25) is 0 Å². The van der Waals surface area contributed by atoms with Crippen LogP contribution in [0.2, 0.25) is 0 Å². The molecule has 0 radical (unpaired) electrons. The SMILES string of the molecule is c1ccc2c(c1)cn1c2c2ccc3oc4ccccc4c3c2c2ccc3oc4ccccc4c3c21. The topological polar surface area (TPSA) is 30.7 Å². The summed E-state index contributed by atoms with van der Waals surface area (Å²) in [4.78, 5) is 0. The van der Waals surface area contributed by atoms with Gasteiger partial charge in [0.15, 0.2) is 0 Å². The van der Waals surface area contributed by atoms with Gasteiger partial charge < -0.3 is 13.2 Å². The summed E-state index contributed by atoms with van der Waals surface area (Å²) < 4.78 is 15.0. The van der Waals surface area contributed by atoms with Crippen molar-refractivity contribution >= 4 is 81.8 Å². The number of fused-ring (bicyclic) bond motifs is 16. The predicted octanol–water partition coefficient (Wildman–Crippen LogP) is 9.20. The lowest BCUT2D eigenvalue weighted by atomic mass is 9.97. The lowest BCUT2D eigenvalue weighted by molar-refractivity contribution is 0.669. The number of pyridine rings is 1. The van der Waals surface area contributed by atoms with Gasteiger partial charge in [-0.1, -0.05) is 60.7 Å². The molecule has 9 rings (SSSR count). The number of benzene rings is 5. The van der Waals surface area contributed by atoms with E-state index in [4.69, 9.17) is 8.83 Å². The van der Waals surface area contributed by atoms with Crippen LogP contribution in [0.25, 0.3) is 81.8 Å². The van der Waals surface area contributed by atoms with Crippen molar-refractivity contribution in [3.05, 3.63) is 103 Å². The third-order valence-corrected chi connectivity index (χ3v) is 7.55. The Morgan fingerprint density at radius 1 is 0.400 bits per heavy atom. The molecule has 0 fully saturated rings. The van der Waals surface area contributed by atoms with Crippen LogP contribution in [0, 0.1) is 0 Å². The van der Waals surface area contributed by atoms with Crippen LogP contribution in [0.1, 0.15) is 0 Å². The highest BCUT2D eigenvalue weighted by Gasteiger charge is 2.21. The summed E-state index contributed by atoms with van der Waals surface area (Å²) in [5.74, 6) is 0. The molecule has 0 spiro atoms. The van der Waals surface area contributed by atoms with Gasteiger partial charge >= 0.3 is 0 Å². The quantitative estimate of drug-likeness (QED) is 0.217. The van der Waals surface area contributed by atoms with E-state index in [-0.39, 0.29) is 0 Å². The fraction of sp³-hybridized carbons (Fsp3) is 0. The standard InChI is InChI=1S/C32H17NO2/c1-2-8-19-18(7-1)17-33-31(19)22-13-15-26-29(20-9-3-5-11-24(20)34-26)28(22)23-14-16-27-30(32(23)33)21-10-4-6-12-25(21)35-27/h1-17H. The monoisotopic (exact) mass is 447 g/mol. The van der Waals surface area contributed by atoms with Crippen LogP contribution >= 0.6 is 0 Å². The molecule has 0 aliphatic heterocycles. The van der Waals surface area contributed by atoms with Crippen molar-refractivity contribution in [1.29, 1.82) is 0 Å². The molecule has 9 aromatic rings. The molecule has 0 bridgehead atoms. The van der Waals surface area contributed by atoms with E-state index in [0.29, 0.717) is 0 Å². The van der Waals surface area contributed by atoms with Crippen LogP contribution in [0.5, 0.6) is 0 Å². The van der Waals surface area contributed by atoms with Gasteiger partial charge in [0.1, 0.15) is 22.3 Å². The first kappa shape index (κ1) is 17.7. The molecule has 4 heterocycles. The number of rotatable bonds is 0. The Bertz CT molecular complexity index is 2330. The lowest BCUT2D eigenvalue weighted by Crippen LogP contribution is -1.91. The third kappa shape index (κ3) is 2.08. The van der Waals surface area contributed by atoms with Gasteiger partial charge in [-0.25, -0.2) is 0 Å². The molecule has 35 heavy (non-hydrogen) atoms. The van der Waals surface area contributed by atoms with Gasteiger partial charge in [-0.2, -0.15) is 0 Å². The molecule has 0 N–H and O–H groups in total. The molecule has 0 aliphatic rings. The molecule has 0 saturated heterocycles. The van der Waals surface area contributed by atoms with Crippen LogP contribution in [0.3, 0.4) is 0 Å². The van der Waals surface area contributed by atoms with Crippen LogP contribution in [-0.4, -0.2) is 4.40 Å². The highest BCUT2D eigenvalue weighted by atomic mass is 16.3. The predicted molar refractivity (Wildman–Crippen MR) is 144 cm³/mol. The minimum Gasteiger partial charge on any atom is -0.456 e. The Morgan fingerprint density at radius 3 is 1.71 bits per heavy atom. The zero-order valence-electron chi connectivity index (χ0n) is 18.6. The zero-order valence-corrected chi connectivity index (χ0v) is 18.6. The Hall–Kier alpha value is -4.76. The second kappa shape index (κ2) is 6.02. The Labute approximate surface area is 198 Å². The van der Waals surface area contributed by atoms with Crippen molar-refractivity contribution in [3.63, 3.8) is 0 Å². The first-order valence-electron chi connectivity index (χ1n) is 11.9. The van der Waals surface area contributed by atoms with Crippen molar-refractivity contribution in [1.82, 2.24) is 4.40 Å². The molecule has 3 heteroatoms. The van der Waals surface area contributed by atoms with Crippen molar-refractivity contribution in [2.75, 3.05) is 0 Å². The zero-order chi connectivity index (χ0) is 22.7. The number of hydrogen-bond acceptors (Lipinski definition) is 2. The highest BCUT2D eigenvalue weighted by Crippen LogP contribution is 2.45. The summed E-state index contributed by atoms with van der Waals surface area (Å²) in [5, 5.41) is 10.7. The molecule has 4 aromatic heterocycles. The van der Waals surface area contributed by atoms with E-state index >= 15 is 0 Å². The van der Waals surface area contributed by atoms with Crippen molar-refractivity contribution in [3.8, 4) is 0 Å². The summed E-state index contributed by atoms with van der Waals surface area (Å²) in [5.41, 5.74) is 6.03. The molecule has 0 saturated carbocycles. The van der Waals surface area contributed by atoms with Gasteiger partial charge in [-0.05, 0) is 36.4 Å². The molecule has 0 unspecified atom stereocenters. The van der Waals surface area contributed by atoms with E-state index in [1.54, 1.807) is 0 Å². The van der Waals surface area contributed by atoms with Gasteiger partial charge in [0.25, 0.3) is 0 Å². The Kier molecular flexibility index (Phi) is 3.04. The average Bonchev–Trinajstić information content (AvgIpc) is 3.59. The first-order valence-corrected chi connectivity index (χ1v) is 11.9. The van der Waals surface area contributed by atoms with Gasteiger partial charge in [-0.15, -0.1) is 0 Å². The molecule has 5 aromatic carbocycles. The normalized spacial score (nSPS) is 12.6. The van der Waals surface area contributed by atoms with E-state index in [1.165, 1.54) is 43.4 Å². The summed E-state index contributed by atoms with van der Waals surface area (Å²) in [6.07, 6.45) is 2.27. The Morgan fingerprint density at radius 2 is 0.971 bits per heavy atom. The smallest absolute Gasteiger partial charge is 0.137 e. The molecule has 162 valence electrons. The number of para-hydroxylation sites is 2. The number of hydrogen-bond donors (Lipinski definition) is 0. The summed E-state index contributed by atoms with van der Waals surface area (Å²) in [7, 11) is 0. The maximum absolute atomic E-state index is 6.31. The largest absolute Gasteiger partial charge is 0.456 e. The number of aromatic nitrogens is 1. The summed E-state index contributed by atoms with van der Waals surface area (Å²) in [6, 6.07) is 34.0. The molecule has 0 aliphatic carbocycles. The Balaban J connectivity index is 1.71. The van der Waals surface area contributed by atoms with Crippen molar-refractivity contribution < 1.29 is 8.83 Å². The van der Waals surface area contributed by atoms with E-state index in [9.17, 15) is 0 Å². The maximum atomic E-state index is 6.31. The average molecular weight is 447 g/mol. The highest BCUT2D eigenvalue weighted by molar-refractivity contribution is 6.34. The maximum Gasteiger partial charge on any atom is 0.137 e. The lowest BCUT2D eigenvalue weighted by Gasteiger charge is -2.12. The van der Waals surface area contributed by atoms with E-state index in [2.05, 4.69) is 89.5 Å². The van der Waals surface area contributed by atoms with Crippen molar-refractivity contribution in [2.45, 2.75) is 0 Å². The minimum absolute atomic E-state index is 0.904. The molecular weight excluding hydrogens is 430 g/mol. The number of furan rings is 2. The minimum atomic E-state index is 0.904. The number of nitrogens with zero attached hydrogens (tertiary/aromatic N) is 1. The summed E-state index contributed by atoms with van der Waals surface area (Å²) in [6.45, 7) is 0. The second-order valence-electron chi connectivity index (χ2n) is 9.33. The van der Waals surface area contributed by atoms with E-state index in [1.807, 2.05) is 18.2 Å². The van der Waals surface area contributed by atoms with Crippen molar-refractivity contribution in [2.24, 2.45) is 0 Å². The fourth-order valence-electron chi connectivity index (χ4n) is 6.15. The summed E-state index contributed by atoms with van der Waals surface area (Å²) >= 11 is 0. The van der Waals surface area contributed by atoms with Crippen LogP contribution < -0.4 is 0 Å². The van der Waals surface area contributed by atoms with Gasteiger partial charge in [0.05, 0.1) is 16.4 Å². The molecule has 3 nitrogen and oxygen atoms in total. The van der Waals surface area contributed by atoms with E-state index < -0.39 is 0 Å².